The molecule has 0 spiro atoms. The van der Waals surface area contributed by atoms with Gasteiger partial charge in [-0.3, -0.25) is 0 Å². The van der Waals surface area contributed by atoms with Crippen LogP contribution in [0.1, 0.15) is 5.76 Å². The van der Waals surface area contributed by atoms with E-state index in [-0.39, 0.29) is 11.4 Å². The molecule has 0 saturated carbocycles. The summed E-state index contributed by atoms with van der Waals surface area (Å²) in [7, 11) is -3.68. The third-order valence-corrected chi connectivity index (χ3v) is 5.97. The summed E-state index contributed by atoms with van der Waals surface area (Å²) in [6.07, 6.45) is 0. The maximum absolute atomic E-state index is 12.5. The second kappa shape index (κ2) is 6.55. The molecule has 1 aliphatic heterocycles. The van der Waals surface area contributed by atoms with Crippen molar-refractivity contribution in [2.75, 3.05) is 13.2 Å². The smallest absolute Gasteiger partial charge is 0.241 e. The summed E-state index contributed by atoms with van der Waals surface area (Å²) in [6.45, 7) is 0.937. The summed E-state index contributed by atoms with van der Waals surface area (Å²) in [4.78, 5) is 1.13. The maximum atomic E-state index is 12.5. The standard InChI is InChI=1S/C17H15NO5S2/c19-25(20,13-4-6-14-16(10-13)22-8-7-21-14)18-11-12-3-5-15(23-12)17-2-1-9-24-17/h1-6,9-10,18H,7-8,11H2. The minimum absolute atomic E-state index is 0.0716. The molecule has 0 atom stereocenters. The zero-order valence-corrected chi connectivity index (χ0v) is 14.7. The summed E-state index contributed by atoms with van der Waals surface area (Å²) < 4.78 is 44.0. The Morgan fingerprint density at radius 3 is 2.68 bits per heavy atom. The molecule has 3 heterocycles. The fourth-order valence-corrected chi connectivity index (χ4v) is 4.16. The van der Waals surface area contributed by atoms with Gasteiger partial charge in [-0.2, -0.15) is 0 Å². The van der Waals surface area contributed by atoms with Gasteiger partial charge in [-0.15, -0.1) is 11.3 Å². The lowest BCUT2D eigenvalue weighted by Crippen LogP contribution is -2.23. The van der Waals surface area contributed by atoms with Crippen molar-refractivity contribution in [1.82, 2.24) is 4.72 Å². The number of ether oxygens (including phenoxy) is 2. The Balaban J connectivity index is 1.48. The van der Waals surface area contributed by atoms with Crippen molar-refractivity contribution >= 4 is 21.4 Å². The second-order valence-corrected chi connectivity index (χ2v) is 8.09. The molecule has 25 heavy (non-hydrogen) atoms. The highest BCUT2D eigenvalue weighted by atomic mass is 32.2. The molecule has 2 aromatic heterocycles. The molecular formula is C17H15NO5S2. The fourth-order valence-electron chi connectivity index (χ4n) is 2.46. The molecule has 130 valence electrons. The monoisotopic (exact) mass is 377 g/mol. The van der Waals surface area contributed by atoms with E-state index in [4.69, 9.17) is 13.9 Å². The van der Waals surface area contributed by atoms with E-state index in [9.17, 15) is 8.42 Å². The molecule has 1 N–H and O–H groups in total. The lowest BCUT2D eigenvalue weighted by molar-refractivity contribution is 0.171. The molecule has 3 aromatic rings. The van der Waals surface area contributed by atoms with Crippen LogP contribution >= 0.6 is 11.3 Å². The molecule has 0 unspecified atom stereocenters. The van der Waals surface area contributed by atoms with E-state index in [1.54, 1.807) is 23.5 Å². The average Bonchev–Trinajstić information content (AvgIpc) is 3.31. The first kappa shape index (κ1) is 16.2. The highest BCUT2D eigenvalue weighted by Gasteiger charge is 2.19. The molecule has 0 bridgehead atoms. The molecule has 6 nitrogen and oxygen atoms in total. The summed E-state index contributed by atoms with van der Waals surface area (Å²) in [5.41, 5.74) is 0. The van der Waals surface area contributed by atoms with Gasteiger partial charge in [-0.05, 0) is 35.7 Å². The lowest BCUT2D eigenvalue weighted by Gasteiger charge is -2.18. The largest absolute Gasteiger partial charge is 0.486 e. The van der Waals surface area contributed by atoms with Crippen molar-refractivity contribution in [1.29, 1.82) is 0 Å². The first-order chi connectivity index (χ1) is 12.1. The van der Waals surface area contributed by atoms with Crippen LogP contribution in [0.25, 0.3) is 10.6 Å². The number of furan rings is 1. The number of fused-ring (bicyclic) bond motifs is 1. The topological polar surface area (TPSA) is 77.8 Å². The normalized spacial score (nSPS) is 13.8. The van der Waals surface area contributed by atoms with E-state index in [2.05, 4.69) is 4.72 Å². The van der Waals surface area contributed by atoms with E-state index in [1.807, 2.05) is 23.6 Å². The van der Waals surface area contributed by atoms with E-state index < -0.39 is 10.0 Å². The lowest BCUT2D eigenvalue weighted by atomic mass is 10.3. The molecule has 1 aliphatic rings. The van der Waals surface area contributed by atoms with Crippen molar-refractivity contribution in [3.63, 3.8) is 0 Å². The van der Waals surface area contributed by atoms with Gasteiger partial charge in [0, 0.05) is 6.07 Å². The Bertz CT molecular complexity index is 976. The maximum Gasteiger partial charge on any atom is 0.241 e. The van der Waals surface area contributed by atoms with Gasteiger partial charge < -0.3 is 13.9 Å². The van der Waals surface area contributed by atoms with Crippen molar-refractivity contribution in [3.8, 4) is 22.1 Å². The fraction of sp³-hybridized carbons (Fsp3) is 0.176. The molecule has 0 saturated heterocycles. The van der Waals surface area contributed by atoms with Gasteiger partial charge >= 0.3 is 0 Å². The molecule has 0 amide bonds. The Morgan fingerprint density at radius 2 is 1.88 bits per heavy atom. The number of benzene rings is 1. The van der Waals surface area contributed by atoms with Gasteiger partial charge in [0.05, 0.1) is 16.3 Å². The molecular weight excluding hydrogens is 362 g/mol. The molecule has 0 radical (unpaired) electrons. The first-order valence-corrected chi connectivity index (χ1v) is 10.00. The summed E-state index contributed by atoms with van der Waals surface area (Å²) in [5.74, 6) is 2.26. The van der Waals surface area contributed by atoms with Crippen LogP contribution in [0.4, 0.5) is 0 Å². The molecule has 8 heteroatoms. The molecule has 4 rings (SSSR count). The number of hydrogen-bond donors (Lipinski definition) is 1. The molecule has 0 fully saturated rings. The van der Waals surface area contributed by atoms with Crippen LogP contribution in [0.2, 0.25) is 0 Å². The average molecular weight is 377 g/mol. The van der Waals surface area contributed by atoms with Gasteiger partial charge in [0.2, 0.25) is 10.0 Å². The summed E-state index contributed by atoms with van der Waals surface area (Å²) >= 11 is 1.56. The Morgan fingerprint density at radius 1 is 1.04 bits per heavy atom. The van der Waals surface area contributed by atoms with Crippen molar-refractivity contribution in [3.05, 3.63) is 53.6 Å². The van der Waals surface area contributed by atoms with Crippen molar-refractivity contribution in [2.24, 2.45) is 0 Å². The minimum Gasteiger partial charge on any atom is -0.486 e. The van der Waals surface area contributed by atoms with Crippen molar-refractivity contribution < 1.29 is 22.3 Å². The van der Waals surface area contributed by atoms with E-state index in [0.29, 0.717) is 30.5 Å². The Hall–Kier alpha value is -2.29. The Labute approximate surface area is 149 Å². The number of rotatable bonds is 5. The minimum atomic E-state index is -3.68. The number of sulfonamides is 1. The SMILES string of the molecule is O=S(=O)(NCc1ccc(-c2cccs2)o1)c1ccc2c(c1)OCCO2. The van der Waals surface area contributed by atoms with Crippen LogP contribution in [0.3, 0.4) is 0 Å². The zero-order valence-electron chi connectivity index (χ0n) is 13.1. The predicted molar refractivity (Wildman–Crippen MR) is 93.5 cm³/mol. The number of nitrogens with one attached hydrogen (secondary N) is 1. The predicted octanol–water partition coefficient (Wildman–Crippen LogP) is 3.26. The van der Waals surface area contributed by atoms with Gasteiger partial charge in [0.15, 0.2) is 11.5 Å². The first-order valence-electron chi connectivity index (χ1n) is 7.64. The summed E-state index contributed by atoms with van der Waals surface area (Å²) in [6, 6.07) is 12.1. The van der Waals surface area contributed by atoms with Crippen LogP contribution in [0, 0.1) is 0 Å². The van der Waals surface area contributed by atoms with Crippen LogP contribution in [-0.4, -0.2) is 21.6 Å². The van der Waals surface area contributed by atoms with E-state index in [0.717, 1.165) is 10.6 Å². The Kier molecular flexibility index (Phi) is 4.24. The van der Waals surface area contributed by atoms with Crippen molar-refractivity contribution in [2.45, 2.75) is 11.4 Å². The van der Waals surface area contributed by atoms with Gasteiger partial charge in [-0.25, -0.2) is 13.1 Å². The van der Waals surface area contributed by atoms with E-state index in [1.165, 1.54) is 12.1 Å². The van der Waals surface area contributed by atoms with Gasteiger partial charge in [0.25, 0.3) is 0 Å². The molecule has 0 aliphatic carbocycles. The molecule has 1 aromatic carbocycles. The van der Waals surface area contributed by atoms with Crippen LogP contribution in [0.5, 0.6) is 11.5 Å². The highest BCUT2D eigenvalue weighted by molar-refractivity contribution is 7.89. The highest BCUT2D eigenvalue weighted by Crippen LogP contribution is 2.32. The van der Waals surface area contributed by atoms with E-state index >= 15 is 0 Å². The van der Waals surface area contributed by atoms with Crippen LogP contribution in [-0.2, 0) is 16.6 Å². The number of thiophene rings is 1. The van der Waals surface area contributed by atoms with Crippen LogP contribution in [0.15, 0.2) is 57.2 Å². The second-order valence-electron chi connectivity index (χ2n) is 5.37. The summed E-state index contributed by atoms with van der Waals surface area (Å²) in [5, 5.41) is 1.96. The van der Waals surface area contributed by atoms with Gasteiger partial charge in [-0.1, -0.05) is 6.07 Å². The zero-order chi connectivity index (χ0) is 17.3. The quantitative estimate of drug-likeness (QED) is 0.738. The van der Waals surface area contributed by atoms with Crippen LogP contribution < -0.4 is 14.2 Å². The van der Waals surface area contributed by atoms with Gasteiger partial charge in [0.1, 0.15) is 24.7 Å². The number of hydrogen-bond acceptors (Lipinski definition) is 6. The third kappa shape index (κ3) is 3.41. The third-order valence-electron chi connectivity index (χ3n) is 3.69.